The Morgan fingerprint density at radius 1 is 1.31 bits per heavy atom. The second kappa shape index (κ2) is 4.45. The second-order valence-electron chi connectivity index (χ2n) is 5.53. The fourth-order valence-corrected chi connectivity index (χ4v) is 2.22. The highest BCUT2D eigenvalue weighted by Gasteiger charge is 2.26. The minimum Gasteiger partial charge on any atom is -0.393 e. The molecule has 0 bridgehead atoms. The number of hydrogen-bond donors (Lipinski definition) is 1. The monoisotopic (exact) mass is 184 g/mol. The van der Waals surface area contributed by atoms with Gasteiger partial charge in [0.2, 0.25) is 0 Å². The Bertz CT molecular complexity index is 136. The molecule has 0 amide bonds. The van der Waals surface area contributed by atoms with Gasteiger partial charge in [-0.25, -0.2) is 0 Å². The van der Waals surface area contributed by atoms with E-state index in [0.29, 0.717) is 5.41 Å². The fraction of sp³-hybridized carbons (Fsp3) is 1.00. The molecule has 0 aromatic rings. The molecule has 0 saturated heterocycles. The van der Waals surface area contributed by atoms with E-state index in [9.17, 15) is 5.11 Å². The molecule has 1 heteroatoms. The molecule has 0 aromatic heterocycles. The molecule has 0 spiro atoms. The van der Waals surface area contributed by atoms with Crippen molar-refractivity contribution in [3.8, 4) is 0 Å². The third-order valence-electron chi connectivity index (χ3n) is 3.45. The van der Waals surface area contributed by atoms with E-state index < -0.39 is 0 Å². The summed E-state index contributed by atoms with van der Waals surface area (Å²) < 4.78 is 0. The van der Waals surface area contributed by atoms with Crippen molar-refractivity contribution in [2.24, 2.45) is 11.3 Å². The van der Waals surface area contributed by atoms with Crippen LogP contribution in [0.3, 0.4) is 0 Å². The lowest BCUT2D eigenvalue weighted by atomic mass is 9.72. The highest BCUT2D eigenvalue weighted by molar-refractivity contribution is 4.78. The summed E-state index contributed by atoms with van der Waals surface area (Å²) in [6.07, 6.45) is 7.61. The summed E-state index contributed by atoms with van der Waals surface area (Å²) in [4.78, 5) is 0. The molecular formula is C12H24O. The van der Waals surface area contributed by atoms with Crippen molar-refractivity contribution >= 4 is 0 Å². The van der Waals surface area contributed by atoms with Gasteiger partial charge < -0.3 is 5.11 Å². The lowest BCUT2D eigenvalue weighted by molar-refractivity contribution is 0.145. The molecule has 1 aliphatic rings. The van der Waals surface area contributed by atoms with Crippen molar-refractivity contribution < 1.29 is 5.11 Å². The molecule has 0 radical (unpaired) electrons. The van der Waals surface area contributed by atoms with Crippen LogP contribution in [0.25, 0.3) is 0 Å². The summed E-state index contributed by atoms with van der Waals surface area (Å²) in [6, 6.07) is 0. The first-order chi connectivity index (χ1) is 5.99. The van der Waals surface area contributed by atoms with E-state index >= 15 is 0 Å². The quantitative estimate of drug-likeness (QED) is 0.713. The first-order valence-electron chi connectivity index (χ1n) is 5.68. The second-order valence-corrected chi connectivity index (χ2v) is 5.53. The third kappa shape index (κ3) is 4.12. The zero-order valence-corrected chi connectivity index (χ0v) is 9.34. The molecule has 1 nitrogen and oxygen atoms in total. The molecule has 1 atom stereocenters. The normalized spacial score (nSPS) is 25.8. The van der Waals surface area contributed by atoms with Gasteiger partial charge in [0.25, 0.3) is 0 Å². The number of rotatable bonds is 3. The molecule has 78 valence electrons. The first-order valence-corrected chi connectivity index (χ1v) is 5.68. The summed E-state index contributed by atoms with van der Waals surface area (Å²) in [6.45, 7) is 6.64. The van der Waals surface area contributed by atoms with E-state index in [1.54, 1.807) is 0 Å². The molecule has 0 aliphatic heterocycles. The topological polar surface area (TPSA) is 20.2 Å². The number of aliphatic hydroxyl groups excluding tert-OH is 1. The van der Waals surface area contributed by atoms with Crippen molar-refractivity contribution in [2.75, 3.05) is 0 Å². The fourth-order valence-electron chi connectivity index (χ4n) is 2.22. The molecule has 0 unspecified atom stereocenters. The van der Waals surface area contributed by atoms with Crippen molar-refractivity contribution in [1.29, 1.82) is 0 Å². The lowest BCUT2D eigenvalue weighted by Crippen LogP contribution is -2.21. The van der Waals surface area contributed by atoms with E-state index in [1.807, 2.05) is 6.92 Å². The van der Waals surface area contributed by atoms with Gasteiger partial charge in [0.05, 0.1) is 6.10 Å². The van der Waals surface area contributed by atoms with Crippen molar-refractivity contribution in [2.45, 2.75) is 65.4 Å². The molecule has 1 fully saturated rings. The minimum absolute atomic E-state index is 0.102. The Balaban J connectivity index is 2.18. The van der Waals surface area contributed by atoms with Crippen LogP contribution in [0, 0.1) is 11.3 Å². The van der Waals surface area contributed by atoms with Crippen molar-refractivity contribution in [3.63, 3.8) is 0 Å². The van der Waals surface area contributed by atoms with Gasteiger partial charge in [-0.3, -0.25) is 0 Å². The van der Waals surface area contributed by atoms with Gasteiger partial charge in [-0.15, -0.1) is 0 Å². The summed E-state index contributed by atoms with van der Waals surface area (Å²) >= 11 is 0. The number of hydrogen-bond acceptors (Lipinski definition) is 1. The zero-order chi connectivity index (χ0) is 9.90. The molecule has 1 saturated carbocycles. The smallest absolute Gasteiger partial charge is 0.0512 e. The standard InChI is InChI=1S/C12H24O/c1-10(13)4-5-11-6-8-12(2,3)9-7-11/h10-11,13H,4-9H2,1-3H3/t10-/m1/s1. The van der Waals surface area contributed by atoms with Gasteiger partial charge in [-0.1, -0.05) is 13.8 Å². The van der Waals surface area contributed by atoms with Crippen LogP contribution in [0.1, 0.15) is 59.3 Å². The Labute approximate surface area is 82.5 Å². The van der Waals surface area contributed by atoms with Gasteiger partial charge in [-0.2, -0.15) is 0 Å². The average Bonchev–Trinajstić information content (AvgIpc) is 2.02. The lowest BCUT2D eigenvalue weighted by Gasteiger charge is -2.34. The minimum atomic E-state index is -0.102. The van der Waals surface area contributed by atoms with E-state index in [4.69, 9.17) is 0 Å². The van der Waals surface area contributed by atoms with Crippen LogP contribution in [0.4, 0.5) is 0 Å². The molecule has 1 rings (SSSR count). The zero-order valence-electron chi connectivity index (χ0n) is 9.34. The van der Waals surface area contributed by atoms with Crippen LogP contribution < -0.4 is 0 Å². The SMILES string of the molecule is C[C@@H](O)CCC1CCC(C)(C)CC1. The molecule has 1 aliphatic carbocycles. The van der Waals surface area contributed by atoms with E-state index in [-0.39, 0.29) is 6.10 Å². The van der Waals surface area contributed by atoms with E-state index in [2.05, 4.69) is 13.8 Å². The van der Waals surface area contributed by atoms with E-state index in [1.165, 1.54) is 32.1 Å². The van der Waals surface area contributed by atoms with Crippen LogP contribution in [-0.4, -0.2) is 11.2 Å². The largest absolute Gasteiger partial charge is 0.393 e. The Hall–Kier alpha value is -0.0400. The van der Waals surface area contributed by atoms with Crippen molar-refractivity contribution in [1.82, 2.24) is 0 Å². The van der Waals surface area contributed by atoms with Gasteiger partial charge in [0.1, 0.15) is 0 Å². The molecular weight excluding hydrogens is 160 g/mol. The van der Waals surface area contributed by atoms with Gasteiger partial charge in [0, 0.05) is 0 Å². The van der Waals surface area contributed by atoms with Gasteiger partial charge in [-0.05, 0) is 56.8 Å². The maximum atomic E-state index is 9.19. The summed E-state index contributed by atoms with van der Waals surface area (Å²) in [5.74, 6) is 0.891. The average molecular weight is 184 g/mol. The maximum Gasteiger partial charge on any atom is 0.0512 e. The number of aliphatic hydroxyl groups is 1. The Kier molecular flexibility index (Phi) is 3.78. The summed E-state index contributed by atoms with van der Waals surface area (Å²) in [5.41, 5.74) is 0.585. The molecule has 0 heterocycles. The van der Waals surface area contributed by atoms with Gasteiger partial charge >= 0.3 is 0 Å². The maximum absolute atomic E-state index is 9.19. The third-order valence-corrected chi connectivity index (χ3v) is 3.45. The Morgan fingerprint density at radius 3 is 2.31 bits per heavy atom. The van der Waals surface area contributed by atoms with Crippen LogP contribution in [0.15, 0.2) is 0 Å². The predicted molar refractivity (Wildman–Crippen MR) is 56.7 cm³/mol. The predicted octanol–water partition coefficient (Wildman–Crippen LogP) is 3.36. The van der Waals surface area contributed by atoms with E-state index in [0.717, 1.165) is 12.3 Å². The van der Waals surface area contributed by atoms with Crippen LogP contribution in [0.2, 0.25) is 0 Å². The summed E-state index contributed by atoms with van der Waals surface area (Å²) in [7, 11) is 0. The van der Waals surface area contributed by atoms with Crippen LogP contribution in [0.5, 0.6) is 0 Å². The van der Waals surface area contributed by atoms with Crippen LogP contribution in [-0.2, 0) is 0 Å². The van der Waals surface area contributed by atoms with Gasteiger partial charge in [0.15, 0.2) is 0 Å². The molecule has 1 N–H and O–H groups in total. The summed E-state index contributed by atoms with van der Waals surface area (Å²) in [5, 5.41) is 9.19. The Morgan fingerprint density at radius 2 is 1.85 bits per heavy atom. The first kappa shape index (κ1) is 11.0. The molecule has 0 aromatic carbocycles. The van der Waals surface area contributed by atoms with Crippen molar-refractivity contribution in [3.05, 3.63) is 0 Å². The highest BCUT2D eigenvalue weighted by atomic mass is 16.3. The highest BCUT2D eigenvalue weighted by Crippen LogP contribution is 2.39. The van der Waals surface area contributed by atoms with Crippen LogP contribution >= 0.6 is 0 Å². The molecule has 13 heavy (non-hydrogen) atoms.